The molecule has 0 amide bonds. The molecule has 1 heterocycles. The molecule has 0 bridgehead atoms. The van der Waals surface area contributed by atoms with Gasteiger partial charge in [-0.3, -0.25) is 0 Å². The SMILES string of the molecule is Cc1ccc(C2CC(CCNC(C)c3ccc(F)c4ccccc34)Oc3ccccc32)cc1C. The fourth-order valence-corrected chi connectivity index (χ4v) is 5.20. The fraction of sp³-hybridized carbons (Fsp3) is 0.290. The van der Waals surface area contributed by atoms with Gasteiger partial charge in [0.05, 0.1) is 0 Å². The number of fused-ring (bicyclic) bond motifs is 2. The van der Waals surface area contributed by atoms with E-state index in [9.17, 15) is 4.39 Å². The molecule has 0 spiro atoms. The molecule has 0 saturated carbocycles. The molecule has 3 heteroatoms. The summed E-state index contributed by atoms with van der Waals surface area (Å²) in [7, 11) is 0. The average Bonchev–Trinajstić information content (AvgIpc) is 2.85. The quantitative estimate of drug-likeness (QED) is 0.324. The second-order valence-electron chi connectivity index (χ2n) is 9.56. The van der Waals surface area contributed by atoms with Crippen molar-refractivity contribution < 1.29 is 9.13 Å². The van der Waals surface area contributed by atoms with Crippen molar-refractivity contribution in [3.8, 4) is 5.75 Å². The Morgan fingerprint density at radius 2 is 1.68 bits per heavy atom. The van der Waals surface area contributed by atoms with Crippen molar-refractivity contribution in [2.24, 2.45) is 0 Å². The molecule has 4 aromatic rings. The molecule has 2 nitrogen and oxygen atoms in total. The maximum atomic E-state index is 14.2. The van der Waals surface area contributed by atoms with Crippen molar-refractivity contribution in [1.82, 2.24) is 5.32 Å². The first-order valence-electron chi connectivity index (χ1n) is 12.2. The van der Waals surface area contributed by atoms with Crippen LogP contribution in [0.5, 0.6) is 5.75 Å². The lowest BCUT2D eigenvalue weighted by Crippen LogP contribution is -2.31. The molecule has 34 heavy (non-hydrogen) atoms. The van der Waals surface area contributed by atoms with Gasteiger partial charge in [0, 0.05) is 22.9 Å². The highest BCUT2D eigenvalue weighted by Crippen LogP contribution is 2.41. The first-order valence-corrected chi connectivity index (χ1v) is 12.2. The Morgan fingerprint density at radius 1 is 0.912 bits per heavy atom. The van der Waals surface area contributed by atoms with Gasteiger partial charge in [-0.2, -0.15) is 0 Å². The molecular weight excluding hydrogens is 421 g/mol. The van der Waals surface area contributed by atoms with Gasteiger partial charge in [0.1, 0.15) is 17.7 Å². The molecule has 1 N–H and O–H groups in total. The highest BCUT2D eigenvalue weighted by Gasteiger charge is 2.29. The molecule has 1 aliphatic heterocycles. The van der Waals surface area contributed by atoms with Gasteiger partial charge in [-0.05, 0) is 79.9 Å². The summed E-state index contributed by atoms with van der Waals surface area (Å²) in [6.45, 7) is 7.33. The van der Waals surface area contributed by atoms with Crippen molar-refractivity contribution in [3.63, 3.8) is 0 Å². The summed E-state index contributed by atoms with van der Waals surface area (Å²) >= 11 is 0. The Morgan fingerprint density at radius 3 is 2.50 bits per heavy atom. The van der Waals surface area contributed by atoms with E-state index in [-0.39, 0.29) is 18.0 Å². The van der Waals surface area contributed by atoms with Crippen LogP contribution < -0.4 is 10.1 Å². The monoisotopic (exact) mass is 453 g/mol. The highest BCUT2D eigenvalue weighted by molar-refractivity contribution is 5.86. The van der Waals surface area contributed by atoms with Gasteiger partial charge in [-0.1, -0.05) is 66.7 Å². The van der Waals surface area contributed by atoms with E-state index < -0.39 is 0 Å². The van der Waals surface area contributed by atoms with Crippen molar-refractivity contribution in [2.45, 2.75) is 51.7 Å². The van der Waals surface area contributed by atoms with Crippen molar-refractivity contribution in [1.29, 1.82) is 0 Å². The minimum atomic E-state index is -0.168. The molecule has 4 aromatic carbocycles. The van der Waals surface area contributed by atoms with E-state index in [1.165, 1.54) is 22.3 Å². The third-order valence-electron chi connectivity index (χ3n) is 7.31. The molecule has 0 saturated heterocycles. The number of ether oxygens (including phenoxy) is 1. The second-order valence-corrected chi connectivity index (χ2v) is 9.56. The molecule has 0 aliphatic carbocycles. The molecule has 0 radical (unpaired) electrons. The van der Waals surface area contributed by atoms with Crippen molar-refractivity contribution in [3.05, 3.63) is 112 Å². The zero-order valence-electron chi connectivity index (χ0n) is 20.1. The third-order valence-corrected chi connectivity index (χ3v) is 7.31. The molecule has 3 atom stereocenters. The van der Waals surface area contributed by atoms with E-state index in [1.54, 1.807) is 6.07 Å². The Labute approximate surface area is 201 Å². The van der Waals surface area contributed by atoms with Crippen LogP contribution >= 0.6 is 0 Å². The predicted octanol–water partition coefficient (Wildman–Crippen LogP) is 7.62. The van der Waals surface area contributed by atoms with E-state index in [4.69, 9.17) is 4.74 Å². The van der Waals surface area contributed by atoms with Crippen LogP contribution in [0.25, 0.3) is 10.8 Å². The van der Waals surface area contributed by atoms with Crippen LogP contribution in [0, 0.1) is 19.7 Å². The summed E-state index contributed by atoms with van der Waals surface area (Å²) in [6, 6.07) is 26.6. The van der Waals surface area contributed by atoms with Gasteiger partial charge < -0.3 is 10.1 Å². The summed E-state index contributed by atoms with van der Waals surface area (Å²) in [5.74, 6) is 1.17. The lowest BCUT2D eigenvalue weighted by Gasteiger charge is -2.33. The van der Waals surface area contributed by atoms with Crippen LogP contribution in [0.3, 0.4) is 0 Å². The Balaban J connectivity index is 1.30. The minimum absolute atomic E-state index is 0.122. The van der Waals surface area contributed by atoms with Crippen LogP contribution in [0.2, 0.25) is 0 Å². The lowest BCUT2D eigenvalue weighted by atomic mass is 9.82. The first kappa shape index (κ1) is 22.6. The number of rotatable bonds is 6. The van der Waals surface area contributed by atoms with Gasteiger partial charge in [0.15, 0.2) is 0 Å². The van der Waals surface area contributed by atoms with Crippen LogP contribution in [-0.4, -0.2) is 12.6 Å². The van der Waals surface area contributed by atoms with Crippen molar-refractivity contribution >= 4 is 10.8 Å². The largest absolute Gasteiger partial charge is 0.490 e. The normalized spacial score (nSPS) is 18.4. The number of aryl methyl sites for hydroxylation is 2. The summed E-state index contributed by atoms with van der Waals surface area (Å²) < 4.78 is 20.7. The standard InChI is InChI=1S/C31H32FNO/c1-20-12-13-23(18-21(20)2)29-19-24(34-31-11-7-6-10-28(29)31)16-17-33-22(3)25-14-15-30(32)27-9-5-4-8-26(25)27/h4-15,18,22,24,29,33H,16-17,19H2,1-3H3. The summed E-state index contributed by atoms with van der Waals surface area (Å²) in [5, 5.41) is 5.30. The van der Waals surface area contributed by atoms with E-state index in [0.29, 0.717) is 11.3 Å². The molecule has 0 aromatic heterocycles. The highest BCUT2D eigenvalue weighted by atomic mass is 19.1. The van der Waals surface area contributed by atoms with E-state index in [2.05, 4.69) is 68.6 Å². The van der Waals surface area contributed by atoms with Crippen LogP contribution in [0.4, 0.5) is 4.39 Å². The third kappa shape index (κ3) is 4.45. The zero-order chi connectivity index (χ0) is 23.7. The number of nitrogens with one attached hydrogen (secondary N) is 1. The predicted molar refractivity (Wildman–Crippen MR) is 138 cm³/mol. The molecule has 3 unspecified atom stereocenters. The van der Waals surface area contributed by atoms with E-state index in [1.807, 2.05) is 30.3 Å². The van der Waals surface area contributed by atoms with E-state index >= 15 is 0 Å². The smallest absolute Gasteiger partial charge is 0.131 e. The van der Waals surface area contributed by atoms with Gasteiger partial charge in [0.25, 0.3) is 0 Å². The Kier molecular flexibility index (Phi) is 6.38. The Bertz CT molecular complexity index is 1310. The fourth-order valence-electron chi connectivity index (χ4n) is 5.20. The zero-order valence-corrected chi connectivity index (χ0v) is 20.1. The van der Waals surface area contributed by atoms with Crippen LogP contribution in [-0.2, 0) is 0 Å². The first-order chi connectivity index (χ1) is 16.5. The molecule has 5 rings (SSSR count). The van der Waals surface area contributed by atoms with E-state index in [0.717, 1.165) is 36.1 Å². The maximum Gasteiger partial charge on any atom is 0.131 e. The maximum absolute atomic E-state index is 14.2. The number of benzene rings is 4. The lowest BCUT2D eigenvalue weighted by molar-refractivity contribution is 0.154. The van der Waals surface area contributed by atoms with Crippen LogP contribution in [0.15, 0.2) is 78.9 Å². The molecule has 0 fully saturated rings. The van der Waals surface area contributed by atoms with Gasteiger partial charge in [-0.15, -0.1) is 0 Å². The number of halogens is 1. The summed E-state index contributed by atoms with van der Waals surface area (Å²) in [5.41, 5.74) is 6.43. The van der Waals surface area contributed by atoms with Crippen LogP contribution in [0.1, 0.15) is 59.5 Å². The molecule has 174 valence electrons. The number of hydrogen-bond acceptors (Lipinski definition) is 2. The van der Waals surface area contributed by atoms with Gasteiger partial charge in [0.2, 0.25) is 0 Å². The number of hydrogen-bond donors (Lipinski definition) is 1. The van der Waals surface area contributed by atoms with Gasteiger partial charge in [-0.25, -0.2) is 4.39 Å². The summed E-state index contributed by atoms with van der Waals surface area (Å²) in [4.78, 5) is 0. The summed E-state index contributed by atoms with van der Waals surface area (Å²) in [6.07, 6.45) is 2.03. The average molecular weight is 454 g/mol. The molecular formula is C31H32FNO. The second kappa shape index (κ2) is 9.60. The topological polar surface area (TPSA) is 21.3 Å². The van der Waals surface area contributed by atoms with Crippen molar-refractivity contribution in [2.75, 3.05) is 6.54 Å². The Hall–Kier alpha value is -3.17. The molecule has 1 aliphatic rings. The number of para-hydroxylation sites is 1. The minimum Gasteiger partial charge on any atom is -0.490 e. The van der Waals surface area contributed by atoms with Gasteiger partial charge >= 0.3 is 0 Å².